The van der Waals surface area contributed by atoms with Crippen molar-refractivity contribution < 1.29 is 9.21 Å². The quantitative estimate of drug-likeness (QED) is 0.800. The molecular weight excluding hydrogens is 304 g/mol. The summed E-state index contributed by atoms with van der Waals surface area (Å²) in [6.45, 7) is 0.140. The van der Waals surface area contributed by atoms with E-state index in [0.29, 0.717) is 28.1 Å². The number of carbonyl (C=O) groups is 1. The third kappa shape index (κ3) is 3.29. The Labute approximate surface area is 131 Å². The van der Waals surface area contributed by atoms with Gasteiger partial charge in [-0.05, 0) is 36.4 Å². The van der Waals surface area contributed by atoms with E-state index >= 15 is 0 Å². The standard InChI is InChI=1S/C15H11ClN4O2/c16-11-6-4-10(5-7-11)14(21)18-9-13-19-20-15(22-13)12-3-1-2-8-17-12/h1-8H,9H2,(H,18,21). The molecule has 0 bridgehead atoms. The van der Waals surface area contributed by atoms with Gasteiger partial charge in [-0.3, -0.25) is 9.78 Å². The topological polar surface area (TPSA) is 80.9 Å². The minimum Gasteiger partial charge on any atom is -0.417 e. The maximum absolute atomic E-state index is 11.9. The summed E-state index contributed by atoms with van der Waals surface area (Å²) < 4.78 is 5.45. The van der Waals surface area contributed by atoms with Gasteiger partial charge in [0.25, 0.3) is 11.8 Å². The predicted octanol–water partition coefficient (Wildman–Crippen LogP) is 2.72. The summed E-state index contributed by atoms with van der Waals surface area (Å²) in [7, 11) is 0. The van der Waals surface area contributed by atoms with Crippen LogP contribution in [0.25, 0.3) is 11.6 Å². The maximum atomic E-state index is 11.9. The van der Waals surface area contributed by atoms with Crippen molar-refractivity contribution in [3.8, 4) is 11.6 Å². The monoisotopic (exact) mass is 314 g/mol. The highest BCUT2D eigenvalue weighted by Gasteiger charge is 2.11. The van der Waals surface area contributed by atoms with Crippen molar-refractivity contribution in [3.05, 3.63) is 65.1 Å². The van der Waals surface area contributed by atoms with Gasteiger partial charge in [0, 0.05) is 16.8 Å². The van der Waals surface area contributed by atoms with Gasteiger partial charge in [-0.2, -0.15) is 0 Å². The van der Waals surface area contributed by atoms with Crippen LogP contribution in [0.4, 0.5) is 0 Å². The number of hydrogen-bond donors (Lipinski definition) is 1. The van der Waals surface area contributed by atoms with Crippen LogP contribution >= 0.6 is 11.6 Å². The Morgan fingerprint density at radius 2 is 1.95 bits per heavy atom. The van der Waals surface area contributed by atoms with E-state index in [9.17, 15) is 4.79 Å². The van der Waals surface area contributed by atoms with E-state index in [-0.39, 0.29) is 12.5 Å². The molecule has 110 valence electrons. The number of hydrogen-bond acceptors (Lipinski definition) is 5. The van der Waals surface area contributed by atoms with Crippen LogP contribution in [0.2, 0.25) is 5.02 Å². The van der Waals surface area contributed by atoms with E-state index in [1.54, 1.807) is 42.6 Å². The number of aromatic nitrogens is 3. The predicted molar refractivity (Wildman–Crippen MR) is 80.2 cm³/mol. The number of halogens is 1. The summed E-state index contributed by atoms with van der Waals surface area (Å²) in [4.78, 5) is 16.1. The van der Waals surface area contributed by atoms with Gasteiger partial charge < -0.3 is 9.73 Å². The molecule has 3 aromatic rings. The summed E-state index contributed by atoms with van der Waals surface area (Å²) in [6.07, 6.45) is 1.64. The largest absolute Gasteiger partial charge is 0.417 e. The number of amides is 1. The number of rotatable bonds is 4. The lowest BCUT2D eigenvalue weighted by molar-refractivity contribution is 0.0947. The molecule has 0 saturated carbocycles. The molecule has 0 atom stereocenters. The average Bonchev–Trinajstić information content (AvgIpc) is 3.03. The first-order valence-electron chi connectivity index (χ1n) is 6.50. The number of pyridine rings is 1. The second-order valence-corrected chi connectivity index (χ2v) is 4.84. The molecule has 22 heavy (non-hydrogen) atoms. The number of nitrogens with zero attached hydrogens (tertiary/aromatic N) is 3. The van der Waals surface area contributed by atoms with Gasteiger partial charge in [0.1, 0.15) is 5.69 Å². The molecule has 6 nitrogen and oxygen atoms in total. The second kappa shape index (κ2) is 6.36. The van der Waals surface area contributed by atoms with Gasteiger partial charge >= 0.3 is 0 Å². The molecule has 3 rings (SSSR count). The third-order valence-electron chi connectivity index (χ3n) is 2.86. The van der Waals surface area contributed by atoms with Crippen LogP contribution in [0.1, 0.15) is 16.2 Å². The molecule has 1 aromatic carbocycles. The minimum absolute atomic E-state index is 0.140. The molecule has 2 heterocycles. The fourth-order valence-corrected chi connectivity index (χ4v) is 1.90. The Hall–Kier alpha value is -2.73. The molecule has 0 aliphatic carbocycles. The summed E-state index contributed by atoms with van der Waals surface area (Å²) in [5.41, 5.74) is 1.10. The van der Waals surface area contributed by atoms with Crippen molar-refractivity contribution in [3.63, 3.8) is 0 Å². The van der Waals surface area contributed by atoms with Crippen molar-refractivity contribution in [2.45, 2.75) is 6.54 Å². The minimum atomic E-state index is -0.241. The smallest absolute Gasteiger partial charge is 0.266 e. The lowest BCUT2D eigenvalue weighted by Crippen LogP contribution is -2.22. The maximum Gasteiger partial charge on any atom is 0.266 e. The van der Waals surface area contributed by atoms with Crippen molar-refractivity contribution >= 4 is 17.5 Å². The van der Waals surface area contributed by atoms with Crippen LogP contribution in [-0.2, 0) is 6.54 Å². The van der Waals surface area contributed by atoms with Gasteiger partial charge in [0.05, 0.1) is 6.54 Å². The summed E-state index contributed by atoms with van der Waals surface area (Å²) in [5, 5.41) is 11.1. The summed E-state index contributed by atoms with van der Waals surface area (Å²) in [6, 6.07) is 12.0. The van der Waals surface area contributed by atoms with E-state index in [2.05, 4.69) is 20.5 Å². The van der Waals surface area contributed by atoms with Gasteiger partial charge in [-0.1, -0.05) is 17.7 Å². The molecule has 7 heteroatoms. The molecule has 1 amide bonds. The first-order valence-corrected chi connectivity index (χ1v) is 6.88. The SMILES string of the molecule is O=C(NCc1nnc(-c2ccccn2)o1)c1ccc(Cl)cc1. The van der Waals surface area contributed by atoms with Gasteiger partial charge in [0.2, 0.25) is 5.89 Å². The van der Waals surface area contributed by atoms with Crippen LogP contribution in [0.3, 0.4) is 0 Å². The Morgan fingerprint density at radius 3 is 2.68 bits per heavy atom. The van der Waals surface area contributed by atoms with Crippen LogP contribution in [0, 0.1) is 0 Å². The molecule has 0 saturated heterocycles. The normalized spacial score (nSPS) is 10.4. The highest BCUT2D eigenvalue weighted by atomic mass is 35.5. The van der Waals surface area contributed by atoms with Crippen LogP contribution in [0.5, 0.6) is 0 Å². The Bertz CT molecular complexity index is 772. The van der Waals surface area contributed by atoms with E-state index in [1.165, 1.54) is 0 Å². The second-order valence-electron chi connectivity index (χ2n) is 4.41. The molecule has 1 N–H and O–H groups in total. The zero-order valence-corrected chi connectivity index (χ0v) is 12.1. The number of nitrogens with one attached hydrogen (secondary N) is 1. The molecule has 0 aliphatic heterocycles. The molecule has 2 aromatic heterocycles. The molecule has 0 spiro atoms. The average molecular weight is 315 g/mol. The Morgan fingerprint density at radius 1 is 1.14 bits per heavy atom. The first-order chi connectivity index (χ1) is 10.7. The molecular formula is C15H11ClN4O2. The first kappa shape index (κ1) is 14.2. The van der Waals surface area contributed by atoms with Crippen LogP contribution in [0.15, 0.2) is 53.1 Å². The van der Waals surface area contributed by atoms with Crippen molar-refractivity contribution in [1.29, 1.82) is 0 Å². The zero-order chi connectivity index (χ0) is 15.4. The zero-order valence-electron chi connectivity index (χ0n) is 11.4. The fourth-order valence-electron chi connectivity index (χ4n) is 1.78. The van der Waals surface area contributed by atoms with Gasteiger partial charge in [-0.15, -0.1) is 10.2 Å². The number of benzene rings is 1. The van der Waals surface area contributed by atoms with Crippen molar-refractivity contribution in [2.75, 3.05) is 0 Å². The Balaban J connectivity index is 1.64. The van der Waals surface area contributed by atoms with Crippen LogP contribution < -0.4 is 5.32 Å². The van der Waals surface area contributed by atoms with Gasteiger partial charge in [-0.25, -0.2) is 0 Å². The van der Waals surface area contributed by atoms with E-state index in [0.717, 1.165) is 0 Å². The third-order valence-corrected chi connectivity index (χ3v) is 3.11. The highest BCUT2D eigenvalue weighted by Crippen LogP contribution is 2.14. The number of carbonyl (C=O) groups excluding carboxylic acids is 1. The van der Waals surface area contributed by atoms with E-state index in [4.69, 9.17) is 16.0 Å². The highest BCUT2D eigenvalue weighted by molar-refractivity contribution is 6.30. The summed E-state index contributed by atoms with van der Waals surface area (Å²) in [5.74, 6) is 0.383. The van der Waals surface area contributed by atoms with Gasteiger partial charge in [0.15, 0.2) is 0 Å². The summed E-state index contributed by atoms with van der Waals surface area (Å²) >= 11 is 5.78. The molecule has 0 aliphatic rings. The van der Waals surface area contributed by atoms with E-state index in [1.807, 2.05) is 6.07 Å². The van der Waals surface area contributed by atoms with Crippen molar-refractivity contribution in [1.82, 2.24) is 20.5 Å². The lowest BCUT2D eigenvalue weighted by Gasteiger charge is -2.02. The molecule has 0 unspecified atom stereocenters. The molecule has 0 radical (unpaired) electrons. The molecule has 0 fully saturated rings. The fraction of sp³-hybridized carbons (Fsp3) is 0.0667. The Kier molecular flexibility index (Phi) is 4.11. The van der Waals surface area contributed by atoms with E-state index < -0.39 is 0 Å². The lowest BCUT2D eigenvalue weighted by atomic mass is 10.2. The van der Waals surface area contributed by atoms with Crippen molar-refractivity contribution in [2.24, 2.45) is 0 Å². The van der Waals surface area contributed by atoms with Crippen LogP contribution in [-0.4, -0.2) is 21.1 Å².